The van der Waals surface area contributed by atoms with E-state index in [9.17, 15) is 4.79 Å². The average Bonchev–Trinajstić information content (AvgIpc) is 2.58. The van der Waals surface area contributed by atoms with Crippen LogP contribution < -0.4 is 0 Å². The Bertz CT molecular complexity index is 547. The lowest BCUT2D eigenvalue weighted by Gasteiger charge is -2.05. The van der Waals surface area contributed by atoms with Crippen LogP contribution in [-0.4, -0.2) is 27.4 Å². The van der Waals surface area contributed by atoms with Gasteiger partial charge in [0.15, 0.2) is 0 Å². The summed E-state index contributed by atoms with van der Waals surface area (Å²) in [6.45, 7) is 0.127. The normalized spacial score (nSPS) is 10.9. The van der Waals surface area contributed by atoms with Crippen molar-refractivity contribution in [2.45, 2.75) is 6.54 Å². The molecule has 0 aliphatic rings. The number of aliphatic hydroxyl groups excluding tert-OH is 1. The summed E-state index contributed by atoms with van der Waals surface area (Å²) in [5.74, 6) is -1.01. The molecule has 0 amide bonds. The second-order valence-electron chi connectivity index (χ2n) is 3.41. The lowest BCUT2D eigenvalue weighted by Crippen LogP contribution is -2.10. The number of hydrogen-bond donors (Lipinski definition) is 2. The number of carboxylic acids is 1. The van der Waals surface area contributed by atoms with Crippen molar-refractivity contribution in [3.05, 3.63) is 35.0 Å². The molecule has 5 heteroatoms. The van der Waals surface area contributed by atoms with E-state index < -0.39 is 5.97 Å². The molecule has 1 aromatic carbocycles. The summed E-state index contributed by atoms with van der Waals surface area (Å²) in [6, 6.07) is 6.74. The van der Waals surface area contributed by atoms with Crippen molar-refractivity contribution in [3.63, 3.8) is 0 Å². The molecule has 1 heterocycles. The van der Waals surface area contributed by atoms with Gasteiger partial charge in [0.05, 0.1) is 12.1 Å². The molecular weight excluding hydrogens is 230 g/mol. The van der Waals surface area contributed by atoms with Crippen LogP contribution in [0.2, 0.25) is 5.02 Å². The van der Waals surface area contributed by atoms with Gasteiger partial charge in [0.1, 0.15) is 5.69 Å². The van der Waals surface area contributed by atoms with Gasteiger partial charge in [0, 0.05) is 17.0 Å². The summed E-state index contributed by atoms with van der Waals surface area (Å²) in [7, 11) is 0. The van der Waals surface area contributed by atoms with E-state index in [-0.39, 0.29) is 18.8 Å². The predicted molar refractivity (Wildman–Crippen MR) is 61.0 cm³/mol. The molecule has 0 atom stereocenters. The maximum Gasteiger partial charge on any atom is 0.352 e. The molecule has 0 saturated heterocycles. The SMILES string of the molecule is O=C(O)c1cc2ccc(Cl)cc2n1CCO. The van der Waals surface area contributed by atoms with Gasteiger partial charge < -0.3 is 14.8 Å². The van der Waals surface area contributed by atoms with Gasteiger partial charge in [-0.25, -0.2) is 4.79 Å². The third-order valence-corrected chi connectivity index (χ3v) is 2.64. The number of aliphatic hydroxyl groups is 1. The topological polar surface area (TPSA) is 62.5 Å². The van der Waals surface area contributed by atoms with Crippen LogP contribution in [0.15, 0.2) is 24.3 Å². The van der Waals surface area contributed by atoms with Gasteiger partial charge in [-0.2, -0.15) is 0 Å². The van der Waals surface area contributed by atoms with Crippen molar-refractivity contribution in [3.8, 4) is 0 Å². The van der Waals surface area contributed by atoms with E-state index >= 15 is 0 Å². The van der Waals surface area contributed by atoms with E-state index in [1.807, 2.05) is 0 Å². The van der Waals surface area contributed by atoms with Gasteiger partial charge in [-0.05, 0) is 18.2 Å². The molecule has 0 radical (unpaired) electrons. The molecule has 2 aromatic rings. The van der Waals surface area contributed by atoms with Gasteiger partial charge in [-0.15, -0.1) is 0 Å². The van der Waals surface area contributed by atoms with Gasteiger partial charge >= 0.3 is 5.97 Å². The molecule has 0 aliphatic heterocycles. The zero-order valence-corrected chi connectivity index (χ0v) is 9.11. The Morgan fingerprint density at radius 2 is 2.12 bits per heavy atom. The van der Waals surface area contributed by atoms with Gasteiger partial charge in [-0.3, -0.25) is 0 Å². The highest BCUT2D eigenvalue weighted by molar-refractivity contribution is 6.31. The lowest BCUT2D eigenvalue weighted by atomic mass is 10.2. The molecule has 0 fully saturated rings. The fourth-order valence-corrected chi connectivity index (χ4v) is 1.91. The Hall–Kier alpha value is -1.52. The standard InChI is InChI=1S/C11H10ClNO3/c12-8-2-1-7-5-10(11(15)16)13(3-4-14)9(7)6-8/h1-2,5-6,14H,3-4H2,(H,15,16). The van der Waals surface area contributed by atoms with Crippen LogP contribution in [0.3, 0.4) is 0 Å². The first-order valence-corrected chi connectivity index (χ1v) is 5.14. The number of aromatic carboxylic acids is 1. The van der Waals surface area contributed by atoms with Gasteiger partial charge in [-0.1, -0.05) is 17.7 Å². The van der Waals surface area contributed by atoms with Crippen molar-refractivity contribution >= 4 is 28.5 Å². The lowest BCUT2D eigenvalue weighted by molar-refractivity contribution is 0.0684. The quantitative estimate of drug-likeness (QED) is 0.861. The first-order chi connectivity index (χ1) is 7.63. The van der Waals surface area contributed by atoms with Crippen LogP contribution in [0.4, 0.5) is 0 Å². The number of rotatable bonds is 3. The molecule has 4 nitrogen and oxygen atoms in total. The molecule has 16 heavy (non-hydrogen) atoms. The zero-order valence-electron chi connectivity index (χ0n) is 8.35. The Morgan fingerprint density at radius 1 is 1.38 bits per heavy atom. The number of fused-ring (bicyclic) bond motifs is 1. The Labute approximate surface area is 96.7 Å². The second kappa shape index (κ2) is 4.15. The molecule has 0 bridgehead atoms. The first kappa shape index (κ1) is 11.0. The maximum absolute atomic E-state index is 11.0. The molecule has 2 N–H and O–H groups in total. The Kier molecular flexibility index (Phi) is 2.85. The minimum absolute atomic E-state index is 0.115. The molecule has 0 aliphatic carbocycles. The average molecular weight is 240 g/mol. The number of hydrogen-bond acceptors (Lipinski definition) is 2. The Morgan fingerprint density at radius 3 is 2.75 bits per heavy atom. The Balaban J connectivity index is 2.71. The van der Waals surface area contributed by atoms with E-state index in [4.69, 9.17) is 21.8 Å². The number of aromatic nitrogens is 1. The maximum atomic E-state index is 11.0. The van der Waals surface area contributed by atoms with E-state index in [1.165, 1.54) is 0 Å². The molecule has 2 rings (SSSR count). The third kappa shape index (κ3) is 1.77. The minimum Gasteiger partial charge on any atom is -0.477 e. The van der Waals surface area contributed by atoms with Crippen molar-refractivity contribution in [1.29, 1.82) is 0 Å². The molecule has 0 unspecified atom stereocenters. The summed E-state index contributed by atoms with van der Waals surface area (Å²) in [5.41, 5.74) is 0.880. The molecule has 1 aromatic heterocycles. The van der Waals surface area contributed by atoms with E-state index in [1.54, 1.807) is 28.8 Å². The summed E-state index contributed by atoms with van der Waals surface area (Å²) in [4.78, 5) is 11.0. The second-order valence-corrected chi connectivity index (χ2v) is 3.85. The third-order valence-electron chi connectivity index (χ3n) is 2.41. The molecular formula is C11H10ClNO3. The monoisotopic (exact) mass is 239 g/mol. The predicted octanol–water partition coefficient (Wildman–Crippen LogP) is 1.99. The van der Waals surface area contributed by atoms with Crippen molar-refractivity contribution in [2.75, 3.05) is 6.61 Å². The van der Waals surface area contributed by atoms with Crippen LogP contribution in [0, 0.1) is 0 Å². The highest BCUT2D eigenvalue weighted by Gasteiger charge is 2.14. The number of halogens is 1. The van der Waals surface area contributed by atoms with Crippen molar-refractivity contribution in [1.82, 2.24) is 4.57 Å². The van der Waals surface area contributed by atoms with Crippen molar-refractivity contribution < 1.29 is 15.0 Å². The summed E-state index contributed by atoms with van der Waals surface area (Å²) in [6.07, 6.45) is 0. The molecule has 0 spiro atoms. The van der Waals surface area contributed by atoms with Crippen LogP contribution in [0.25, 0.3) is 10.9 Å². The van der Waals surface area contributed by atoms with Gasteiger partial charge in [0.25, 0.3) is 0 Å². The van der Waals surface area contributed by atoms with Crippen molar-refractivity contribution in [2.24, 2.45) is 0 Å². The highest BCUT2D eigenvalue weighted by atomic mass is 35.5. The smallest absolute Gasteiger partial charge is 0.352 e. The van der Waals surface area contributed by atoms with E-state index in [2.05, 4.69) is 0 Å². The minimum atomic E-state index is -1.01. The zero-order chi connectivity index (χ0) is 11.7. The summed E-state index contributed by atoms with van der Waals surface area (Å²) < 4.78 is 1.55. The van der Waals surface area contributed by atoms with Crippen LogP contribution in [0.1, 0.15) is 10.5 Å². The van der Waals surface area contributed by atoms with Crippen LogP contribution >= 0.6 is 11.6 Å². The van der Waals surface area contributed by atoms with Crippen LogP contribution in [0.5, 0.6) is 0 Å². The summed E-state index contributed by atoms with van der Waals surface area (Å²) >= 11 is 5.86. The fraction of sp³-hybridized carbons (Fsp3) is 0.182. The number of carbonyl (C=O) groups is 1. The molecule has 84 valence electrons. The summed E-state index contributed by atoms with van der Waals surface area (Å²) in [5, 5.41) is 19.3. The highest BCUT2D eigenvalue weighted by Crippen LogP contribution is 2.23. The molecule has 0 saturated carbocycles. The first-order valence-electron chi connectivity index (χ1n) is 4.76. The van der Waals surface area contributed by atoms with E-state index in [0.717, 1.165) is 10.9 Å². The van der Waals surface area contributed by atoms with E-state index in [0.29, 0.717) is 5.02 Å². The largest absolute Gasteiger partial charge is 0.477 e. The number of benzene rings is 1. The van der Waals surface area contributed by atoms with Gasteiger partial charge in [0.2, 0.25) is 0 Å². The number of carboxylic acid groups (broad SMARTS) is 1. The number of nitrogens with zero attached hydrogens (tertiary/aromatic N) is 1. The fourth-order valence-electron chi connectivity index (χ4n) is 1.75. The van der Waals surface area contributed by atoms with Crippen LogP contribution in [-0.2, 0) is 6.54 Å².